The molecule has 34 heavy (non-hydrogen) atoms. The van der Waals surface area contributed by atoms with Crippen LogP contribution in [0.1, 0.15) is 23.6 Å². The van der Waals surface area contributed by atoms with Crippen molar-refractivity contribution in [2.75, 3.05) is 19.2 Å². The molecule has 0 unspecified atom stereocenters. The van der Waals surface area contributed by atoms with E-state index in [9.17, 15) is 4.39 Å². The number of halogens is 2. The van der Waals surface area contributed by atoms with Crippen molar-refractivity contribution in [3.8, 4) is 28.3 Å². The van der Waals surface area contributed by atoms with Crippen LogP contribution in [0.3, 0.4) is 0 Å². The van der Waals surface area contributed by atoms with E-state index in [1.807, 2.05) is 30.9 Å². The average Bonchev–Trinajstić information content (AvgIpc) is 3.35. The first-order chi connectivity index (χ1) is 16.5. The molecule has 1 aliphatic rings. The molecule has 8 nitrogen and oxygen atoms in total. The summed E-state index contributed by atoms with van der Waals surface area (Å²) in [5.41, 5.74) is 5.76. The molecular weight excluding hydrogens is 459 g/mol. The fourth-order valence-electron chi connectivity index (χ4n) is 4.29. The second kappa shape index (κ2) is 9.08. The zero-order valence-corrected chi connectivity index (χ0v) is 19.9. The number of methoxy groups -OCH3 is 1. The molecule has 5 rings (SSSR count). The third-order valence-electron chi connectivity index (χ3n) is 5.79. The first-order valence-corrected chi connectivity index (χ1v) is 11.3. The van der Waals surface area contributed by atoms with Crippen molar-refractivity contribution in [3.63, 3.8) is 0 Å². The van der Waals surface area contributed by atoms with Gasteiger partial charge in [0.15, 0.2) is 16.7 Å². The summed E-state index contributed by atoms with van der Waals surface area (Å²) in [6, 6.07) is 6.55. The van der Waals surface area contributed by atoms with Gasteiger partial charge in [0.2, 0.25) is 0 Å². The van der Waals surface area contributed by atoms with Gasteiger partial charge in [-0.05, 0) is 31.2 Å². The van der Waals surface area contributed by atoms with Crippen LogP contribution in [0.2, 0.25) is 5.15 Å². The number of hydrogen-bond donors (Lipinski definition) is 1. The Kier molecular flexibility index (Phi) is 5.97. The largest absolute Gasteiger partial charge is 0.485 e. The van der Waals surface area contributed by atoms with Crippen LogP contribution in [0.25, 0.3) is 22.5 Å². The molecule has 0 radical (unpaired) electrons. The van der Waals surface area contributed by atoms with Gasteiger partial charge in [0.05, 0.1) is 11.4 Å². The average molecular weight is 483 g/mol. The maximum absolute atomic E-state index is 14.2. The van der Waals surface area contributed by atoms with Gasteiger partial charge >= 0.3 is 0 Å². The standard InChI is InChI=1S/C24H24ClFN6O2/c1-4-32-22-14-9-20(24(27-10-14)28-13-33-3)34-12-16-7-17(26)5-6-18(16)21-15(11-31(2)29-21)8-19(22)23(25)30-32/h5-7,9-11H,4,8,12-13H2,1-3H3,(H,27,28). The summed E-state index contributed by atoms with van der Waals surface area (Å²) in [6.07, 6.45) is 4.23. The highest BCUT2D eigenvalue weighted by molar-refractivity contribution is 6.30. The summed E-state index contributed by atoms with van der Waals surface area (Å²) in [5, 5.41) is 12.8. The third-order valence-corrected chi connectivity index (χ3v) is 6.09. The number of benzene rings is 1. The zero-order chi connectivity index (χ0) is 23.8. The van der Waals surface area contributed by atoms with E-state index in [1.54, 1.807) is 24.1 Å². The van der Waals surface area contributed by atoms with Gasteiger partial charge in [0.1, 0.15) is 19.2 Å². The normalized spacial score (nSPS) is 12.6. The monoisotopic (exact) mass is 482 g/mol. The molecule has 0 saturated heterocycles. The predicted octanol–water partition coefficient (Wildman–Crippen LogP) is 4.66. The highest BCUT2D eigenvalue weighted by atomic mass is 35.5. The van der Waals surface area contributed by atoms with Crippen molar-refractivity contribution in [3.05, 3.63) is 64.3 Å². The third kappa shape index (κ3) is 4.01. The Bertz CT molecular complexity index is 1370. The molecule has 0 aliphatic carbocycles. The lowest BCUT2D eigenvalue weighted by Crippen LogP contribution is -2.09. The van der Waals surface area contributed by atoms with Crippen molar-refractivity contribution < 1.29 is 13.9 Å². The van der Waals surface area contributed by atoms with Crippen molar-refractivity contribution in [1.29, 1.82) is 0 Å². The first kappa shape index (κ1) is 22.4. The van der Waals surface area contributed by atoms with Crippen LogP contribution in [0, 0.1) is 5.82 Å². The van der Waals surface area contributed by atoms with E-state index in [0.717, 1.165) is 33.6 Å². The van der Waals surface area contributed by atoms with E-state index < -0.39 is 0 Å². The zero-order valence-electron chi connectivity index (χ0n) is 19.1. The molecule has 4 heterocycles. The van der Waals surface area contributed by atoms with Gasteiger partial charge in [-0.2, -0.15) is 10.2 Å². The van der Waals surface area contributed by atoms with Gasteiger partial charge in [-0.25, -0.2) is 9.37 Å². The lowest BCUT2D eigenvalue weighted by atomic mass is 9.97. The fourth-order valence-corrected chi connectivity index (χ4v) is 4.54. The highest BCUT2D eigenvalue weighted by Gasteiger charge is 2.24. The number of ether oxygens (including phenoxy) is 2. The molecule has 0 amide bonds. The van der Waals surface area contributed by atoms with E-state index in [2.05, 4.69) is 15.4 Å². The number of rotatable bonds is 4. The lowest BCUT2D eigenvalue weighted by molar-refractivity contribution is 0.220. The molecule has 10 heteroatoms. The van der Waals surface area contributed by atoms with Gasteiger partial charge in [0.25, 0.3) is 0 Å². The van der Waals surface area contributed by atoms with Crippen molar-refractivity contribution >= 4 is 17.4 Å². The molecule has 0 saturated carbocycles. The van der Waals surface area contributed by atoms with Crippen LogP contribution in [-0.2, 0) is 31.4 Å². The van der Waals surface area contributed by atoms with Crippen LogP contribution >= 0.6 is 11.6 Å². The highest BCUT2D eigenvalue weighted by Crippen LogP contribution is 2.38. The predicted molar refractivity (Wildman–Crippen MR) is 127 cm³/mol. The second-order valence-corrected chi connectivity index (χ2v) is 8.42. The summed E-state index contributed by atoms with van der Waals surface area (Å²) in [6.45, 7) is 3.04. The number of nitrogens with zero attached hydrogens (tertiary/aromatic N) is 5. The molecule has 3 aromatic heterocycles. The van der Waals surface area contributed by atoms with Crippen LogP contribution in [0.5, 0.6) is 5.75 Å². The molecular formula is C24H24ClFN6O2. The van der Waals surface area contributed by atoms with Crippen LogP contribution in [-0.4, -0.2) is 38.4 Å². The minimum absolute atomic E-state index is 0.135. The topological polar surface area (TPSA) is 79.0 Å². The molecule has 2 bridgehead atoms. The Morgan fingerprint density at radius 3 is 2.88 bits per heavy atom. The molecule has 1 aliphatic heterocycles. The summed E-state index contributed by atoms with van der Waals surface area (Å²) in [7, 11) is 3.45. The Balaban J connectivity index is 1.76. The maximum atomic E-state index is 14.2. The number of hydrogen-bond acceptors (Lipinski definition) is 6. The molecule has 1 N–H and O–H groups in total. The van der Waals surface area contributed by atoms with Gasteiger partial charge < -0.3 is 14.8 Å². The molecule has 4 aromatic rings. The smallest absolute Gasteiger partial charge is 0.170 e. The Morgan fingerprint density at radius 2 is 2.09 bits per heavy atom. The minimum Gasteiger partial charge on any atom is -0.485 e. The van der Waals surface area contributed by atoms with Crippen LogP contribution in [0.15, 0.2) is 36.7 Å². The Morgan fingerprint density at radius 1 is 1.24 bits per heavy atom. The number of pyridine rings is 1. The maximum Gasteiger partial charge on any atom is 0.170 e. The van der Waals surface area contributed by atoms with E-state index in [1.165, 1.54) is 12.1 Å². The second-order valence-electron chi connectivity index (χ2n) is 8.06. The lowest BCUT2D eigenvalue weighted by Gasteiger charge is -2.17. The number of anilines is 1. The van der Waals surface area contributed by atoms with Crippen molar-refractivity contribution in [2.24, 2.45) is 7.05 Å². The molecule has 1 aromatic carbocycles. The van der Waals surface area contributed by atoms with Gasteiger partial charge in [-0.15, -0.1) is 0 Å². The van der Waals surface area contributed by atoms with E-state index in [-0.39, 0.29) is 19.2 Å². The summed E-state index contributed by atoms with van der Waals surface area (Å²) in [4.78, 5) is 4.58. The molecule has 0 atom stereocenters. The van der Waals surface area contributed by atoms with E-state index in [0.29, 0.717) is 35.2 Å². The van der Waals surface area contributed by atoms with Crippen LogP contribution < -0.4 is 10.1 Å². The minimum atomic E-state index is -0.342. The van der Waals surface area contributed by atoms with Gasteiger partial charge in [0, 0.05) is 67.3 Å². The SMILES string of the molecule is CCn1nc(Cl)c2c1-c1cnc(NCOC)c(c1)OCc1cc(F)ccc1-c1nn(C)cc1C2. The summed E-state index contributed by atoms with van der Waals surface area (Å²) >= 11 is 6.65. The van der Waals surface area contributed by atoms with Crippen LogP contribution in [0.4, 0.5) is 10.2 Å². The Labute approximate surface area is 201 Å². The Hall–Kier alpha value is -3.43. The van der Waals surface area contributed by atoms with Crippen molar-refractivity contribution in [1.82, 2.24) is 24.5 Å². The summed E-state index contributed by atoms with van der Waals surface area (Å²) in [5.74, 6) is 0.693. The van der Waals surface area contributed by atoms with Crippen molar-refractivity contribution in [2.45, 2.75) is 26.5 Å². The number of aryl methyl sites for hydroxylation is 2. The van der Waals surface area contributed by atoms with Gasteiger partial charge in [-0.1, -0.05) is 11.6 Å². The molecule has 176 valence electrons. The quantitative estimate of drug-likeness (QED) is 0.426. The van der Waals surface area contributed by atoms with E-state index in [4.69, 9.17) is 26.2 Å². The summed E-state index contributed by atoms with van der Waals surface area (Å²) < 4.78 is 29.2. The molecule has 0 spiro atoms. The molecule has 0 fully saturated rings. The fraction of sp³-hybridized carbons (Fsp3) is 0.292. The number of nitrogens with one attached hydrogen (secondary N) is 1. The first-order valence-electron chi connectivity index (χ1n) is 10.9. The van der Waals surface area contributed by atoms with Gasteiger partial charge in [-0.3, -0.25) is 9.36 Å². The number of aromatic nitrogens is 5. The van der Waals surface area contributed by atoms with E-state index >= 15 is 0 Å². The number of fused-ring (bicyclic) bond motifs is 7.